The minimum Gasteiger partial charge on any atom is -0.356 e. The van der Waals surface area contributed by atoms with Crippen molar-refractivity contribution < 1.29 is 9.32 Å². The van der Waals surface area contributed by atoms with Crippen LogP contribution in [0.4, 0.5) is 5.82 Å². The van der Waals surface area contributed by atoms with Gasteiger partial charge < -0.3 is 14.3 Å². The monoisotopic (exact) mass is 432 g/mol. The Morgan fingerprint density at radius 2 is 1.75 bits per heavy atom. The number of benzene rings is 1. The van der Waals surface area contributed by atoms with E-state index >= 15 is 0 Å². The highest BCUT2D eigenvalue weighted by molar-refractivity contribution is 5.99. The number of rotatable bonds is 5. The van der Waals surface area contributed by atoms with E-state index in [9.17, 15) is 4.79 Å². The Hall–Kier alpha value is -3.26. The van der Waals surface area contributed by atoms with E-state index in [1.165, 1.54) is 5.56 Å². The average Bonchev–Trinajstić information content (AvgIpc) is 3.52. The molecule has 0 atom stereocenters. The Morgan fingerprint density at radius 3 is 2.50 bits per heavy atom. The lowest BCUT2D eigenvalue weighted by Crippen LogP contribution is -2.48. The zero-order valence-corrected chi connectivity index (χ0v) is 18.4. The Morgan fingerprint density at radius 1 is 1.00 bits per heavy atom. The molecule has 0 spiro atoms. The molecule has 1 aromatic carbocycles. The molecule has 0 radical (unpaired) electrons. The molecule has 2 aliphatic rings. The van der Waals surface area contributed by atoms with Crippen molar-refractivity contribution in [3.8, 4) is 11.4 Å². The Balaban J connectivity index is 1.19. The van der Waals surface area contributed by atoms with E-state index in [0.717, 1.165) is 50.4 Å². The molecule has 0 N–H and O–H groups in total. The summed E-state index contributed by atoms with van der Waals surface area (Å²) in [6.07, 6.45) is 4.09. The van der Waals surface area contributed by atoms with Gasteiger partial charge in [0.1, 0.15) is 5.82 Å². The fourth-order valence-electron chi connectivity index (χ4n) is 4.35. The number of carbonyl (C=O) groups is 1. The highest BCUT2D eigenvalue weighted by Gasteiger charge is 2.27. The van der Waals surface area contributed by atoms with Crippen molar-refractivity contribution in [2.75, 3.05) is 44.2 Å². The highest BCUT2D eigenvalue weighted by Crippen LogP contribution is 2.24. The molecule has 8 nitrogen and oxygen atoms in total. The zero-order valence-electron chi connectivity index (χ0n) is 18.4. The first-order valence-corrected chi connectivity index (χ1v) is 11.3. The molecule has 2 aromatic heterocycles. The Labute approximate surface area is 187 Å². The van der Waals surface area contributed by atoms with Gasteiger partial charge in [-0.3, -0.25) is 9.69 Å². The minimum absolute atomic E-state index is 0.0686. The van der Waals surface area contributed by atoms with Gasteiger partial charge in [-0.1, -0.05) is 35.0 Å². The van der Waals surface area contributed by atoms with Gasteiger partial charge in [-0.05, 0) is 31.9 Å². The molecular weight excluding hydrogens is 404 g/mol. The topological polar surface area (TPSA) is 78.6 Å². The number of hydrogen-bond donors (Lipinski definition) is 0. The number of aryl methyl sites for hydroxylation is 1. The van der Waals surface area contributed by atoms with Gasteiger partial charge >= 0.3 is 0 Å². The van der Waals surface area contributed by atoms with Crippen LogP contribution in [-0.4, -0.2) is 70.1 Å². The normalized spacial score (nSPS) is 17.2. The number of nitrogens with zero attached hydrogens (tertiary/aromatic N) is 6. The second-order valence-electron chi connectivity index (χ2n) is 8.51. The number of aromatic nitrogens is 3. The van der Waals surface area contributed by atoms with E-state index in [-0.39, 0.29) is 5.91 Å². The van der Waals surface area contributed by atoms with Crippen LogP contribution in [0.25, 0.3) is 11.4 Å². The van der Waals surface area contributed by atoms with E-state index in [2.05, 4.69) is 31.8 Å². The molecule has 5 rings (SSSR count). The summed E-state index contributed by atoms with van der Waals surface area (Å²) < 4.78 is 5.47. The van der Waals surface area contributed by atoms with E-state index in [1.807, 2.05) is 41.3 Å². The summed E-state index contributed by atoms with van der Waals surface area (Å²) in [6, 6.07) is 11.8. The van der Waals surface area contributed by atoms with Crippen LogP contribution in [0.1, 0.15) is 34.7 Å². The predicted molar refractivity (Wildman–Crippen MR) is 121 cm³/mol. The summed E-state index contributed by atoms with van der Waals surface area (Å²) in [6.45, 7) is 7.47. The standard InChI is InChI=1S/C24H28N6O2/c1-18-6-8-19(9-7-18)22-26-21(32-27-22)17-28-13-15-30(16-14-28)24(31)20-5-4-10-25-23(20)29-11-2-3-12-29/h4-10H,2-3,11-17H2,1H3. The summed E-state index contributed by atoms with van der Waals surface area (Å²) in [5.74, 6) is 2.11. The van der Waals surface area contributed by atoms with E-state index in [0.29, 0.717) is 36.9 Å². The summed E-state index contributed by atoms with van der Waals surface area (Å²) in [4.78, 5) is 28.7. The van der Waals surface area contributed by atoms with Crippen molar-refractivity contribution in [2.24, 2.45) is 0 Å². The van der Waals surface area contributed by atoms with Crippen LogP contribution >= 0.6 is 0 Å². The van der Waals surface area contributed by atoms with Crippen molar-refractivity contribution in [3.63, 3.8) is 0 Å². The smallest absolute Gasteiger partial charge is 0.257 e. The zero-order chi connectivity index (χ0) is 21.9. The van der Waals surface area contributed by atoms with Gasteiger partial charge in [0.2, 0.25) is 11.7 Å². The molecule has 3 aromatic rings. The molecule has 32 heavy (non-hydrogen) atoms. The van der Waals surface area contributed by atoms with Gasteiger partial charge in [-0.2, -0.15) is 4.98 Å². The number of carbonyl (C=O) groups excluding carboxylic acids is 1. The maximum absolute atomic E-state index is 13.2. The third-order valence-electron chi connectivity index (χ3n) is 6.22. The molecule has 2 fully saturated rings. The maximum Gasteiger partial charge on any atom is 0.257 e. The largest absolute Gasteiger partial charge is 0.356 e. The Kier molecular flexibility index (Phi) is 5.85. The molecule has 0 saturated carbocycles. The van der Waals surface area contributed by atoms with Gasteiger partial charge in [-0.15, -0.1) is 0 Å². The van der Waals surface area contributed by atoms with Crippen LogP contribution in [0.2, 0.25) is 0 Å². The van der Waals surface area contributed by atoms with Crippen LogP contribution in [0.3, 0.4) is 0 Å². The first-order chi connectivity index (χ1) is 15.7. The predicted octanol–water partition coefficient (Wildman–Crippen LogP) is 3.00. The van der Waals surface area contributed by atoms with Gasteiger partial charge in [0, 0.05) is 51.0 Å². The number of hydrogen-bond acceptors (Lipinski definition) is 7. The molecule has 2 aliphatic heterocycles. The maximum atomic E-state index is 13.2. The van der Waals surface area contributed by atoms with Gasteiger partial charge in [0.15, 0.2) is 0 Å². The second kappa shape index (κ2) is 9.08. The quantitative estimate of drug-likeness (QED) is 0.613. The van der Waals surface area contributed by atoms with Crippen LogP contribution < -0.4 is 4.90 Å². The second-order valence-corrected chi connectivity index (χ2v) is 8.51. The third-order valence-corrected chi connectivity index (χ3v) is 6.22. The van der Waals surface area contributed by atoms with Crippen molar-refractivity contribution in [3.05, 3.63) is 59.6 Å². The third kappa shape index (κ3) is 4.36. The fraction of sp³-hybridized carbons (Fsp3) is 0.417. The molecule has 0 unspecified atom stereocenters. The lowest BCUT2D eigenvalue weighted by Gasteiger charge is -2.34. The van der Waals surface area contributed by atoms with E-state index in [1.54, 1.807) is 6.20 Å². The van der Waals surface area contributed by atoms with Crippen LogP contribution in [0, 0.1) is 6.92 Å². The molecule has 4 heterocycles. The van der Waals surface area contributed by atoms with Crippen molar-refractivity contribution in [1.29, 1.82) is 0 Å². The molecule has 2 saturated heterocycles. The SMILES string of the molecule is Cc1ccc(-c2noc(CN3CCN(C(=O)c4cccnc4N4CCCC4)CC3)n2)cc1. The number of anilines is 1. The van der Waals surface area contributed by atoms with Crippen LogP contribution in [-0.2, 0) is 6.54 Å². The molecular formula is C24H28N6O2. The summed E-state index contributed by atoms with van der Waals surface area (Å²) in [5, 5.41) is 4.12. The molecule has 166 valence electrons. The first-order valence-electron chi connectivity index (χ1n) is 11.3. The summed E-state index contributed by atoms with van der Waals surface area (Å²) >= 11 is 0. The molecule has 0 aliphatic carbocycles. The number of pyridine rings is 1. The minimum atomic E-state index is 0.0686. The first kappa shape index (κ1) is 20.6. The highest BCUT2D eigenvalue weighted by atomic mass is 16.5. The van der Waals surface area contributed by atoms with Gasteiger partial charge in [0.05, 0.1) is 12.1 Å². The van der Waals surface area contributed by atoms with E-state index < -0.39 is 0 Å². The summed E-state index contributed by atoms with van der Waals surface area (Å²) in [7, 11) is 0. The van der Waals surface area contributed by atoms with Crippen molar-refractivity contribution in [2.45, 2.75) is 26.3 Å². The number of piperazine rings is 1. The Bertz CT molecular complexity index is 1070. The van der Waals surface area contributed by atoms with Crippen molar-refractivity contribution >= 4 is 11.7 Å². The molecule has 0 bridgehead atoms. The van der Waals surface area contributed by atoms with E-state index in [4.69, 9.17) is 4.52 Å². The summed E-state index contributed by atoms with van der Waals surface area (Å²) in [5.41, 5.74) is 2.86. The van der Waals surface area contributed by atoms with Crippen molar-refractivity contribution in [1.82, 2.24) is 24.9 Å². The average molecular weight is 433 g/mol. The van der Waals surface area contributed by atoms with Gasteiger partial charge in [0.25, 0.3) is 5.91 Å². The lowest BCUT2D eigenvalue weighted by atomic mass is 10.1. The van der Waals surface area contributed by atoms with Crippen LogP contribution in [0.5, 0.6) is 0 Å². The fourth-order valence-corrected chi connectivity index (χ4v) is 4.35. The van der Waals surface area contributed by atoms with Crippen LogP contribution in [0.15, 0.2) is 47.1 Å². The molecule has 1 amide bonds. The molecule has 8 heteroatoms. The van der Waals surface area contributed by atoms with Gasteiger partial charge in [-0.25, -0.2) is 4.98 Å². The lowest BCUT2D eigenvalue weighted by molar-refractivity contribution is 0.0615. The number of amides is 1.